The standard InChI is InChI=1S/C23H17ClFN3O3/c1-31-16-9-7-15(8-10-16)26-21(29)13-28-20-11-6-14(24)12-18(20)22(27-23(28)30)17-4-2-3-5-19(17)25/h2-12H,13H2,1H3,(H,26,29). The molecule has 0 radical (unpaired) electrons. The Kier molecular flexibility index (Phi) is 5.68. The summed E-state index contributed by atoms with van der Waals surface area (Å²) in [7, 11) is 1.55. The second kappa shape index (κ2) is 8.57. The first-order valence-electron chi connectivity index (χ1n) is 9.35. The lowest BCUT2D eigenvalue weighted by molar-refractivity contribution is -0.116. The van der Waals surface area contributed by atoms with Gasteiger partial charge in [0.25, 0.3) is 0 Å². The van der Waals surface area contributed by atoms with Crippen LogP contribution in [0.1, 0.15) is 0 Å². The van der Waals surface area contributed by atoms with Gasteiger partial charge in [-0.15, -0.1) is 0 Å². The molecule has 6 nitrogen and oxygen atoms in total. The SMILES string of the molecule is COc1ccc(NC(=O)Cn2c(=O)nc(-c3ccccc3F)c3cc(Cl)ccc32)cc1. The van der Waals surface area contributed by atoms with Gasteiger partial charge >= 0.3 is 5.69 Å². The van der Waals surface area contributed by atoms with Gasteiger partial charge in [-0.1, -0.05) is 23.7 Å². The number of nitrogens with one attached hydrogen (secondary N) is 1. The molecule has 0 unspecified atom stereocenters. The van der Waals surface area contributed by atoms with Crippen LogP contribution in [0, 0.1) is 5.82 Å². The number of carbonyl (C=O) groups is 1. The number of hydrogen-bond acceptors (Lipinski definition) is 4. The van der Waals surface area contributed by atoms with Crippen molar-refractivity contribution in [3.05, 3.63) is 88.1 Å². The van der Waals surface area contributed by atoms with E-state index in [-0.39, 0.29) is 17.8 Å². The van der Waals surface area contributed by atoms with Gasteiger partial charge in [0.2, 0.25) is 5.91 Å². The van der Waals surface area contributed by atoms with Crippen LogP contribution < -0.4 is 15.7 Å². The zero-order valence-electron chi connectivity index (χ0n) is 16.4. The minimum atomic E-state index is -0.669. The summed E-state index contributed by atoms with van der Waals surface area (Å²) < 4.78 is 20.7. The van der Waals surface area contributed by atoms with Gasteiger partial charge < -0.3 is 10.1 Å². The number of carbonyl (C=O) groups excluding carboxylic acids is 1. The Hall–Kier alpha value is -3.71. The normalized spacial score (nSPS) is 10.8. The number of methoxy groups -OCH3 is 1. The summed E-state index contributed by atoms with van der Waals surface area (Å²) >= 11 is 6.15. The molecule has 0 spiro atoms. The molecule has 3 aromatic carbocycles. The van der Waals surface area contributed by atoms with E-state index in [0.29, 0.717) is 27.4 Å². The fourth-order valence-corrected chi connectivity index (χ4v) is 3.45. The third-order valence-corrected chi connectivity index (χ3v) is 4.98. The Morgan fingerprint density at radius 1 is 1.13 bits per heavy atom. The molecule has 4 aromatic rings. The van der Waals surface area contributed by atoms with Crippen LogP contribution in [0.3, 0.4) is 0 Å². The lowest BCUT2D eigenvalue weighted by Gasteiger charge is -2.14. The molecule has 8 heteroatoms. The smallest absolute Gasteiger partial charge is 0.349 e. The Morgan fingerprint density at radius 2 is 1.87 bits per heavy atom. The highest BCUT2D eigenvalue weighted by molar-refractivity contribution is 6.31. The first-order chi connectivity index (χ1) is 15.0. The number of ether oxygens (including phenoxy) is 1. The number of anilines is 1. The minimum absolute atomic E-state index is 0.174. The third kappa shape index (κ3) is 4.27. The number of amides is 1. The predicted molar refractivity (Wildman–Crippen MR) is 118 cm³/mol. The van der Waals surface area contributed by atoms with Crippen molar-refractivity contribution in [3.8, 4) is 17.0 Å². The molecule has 1 heterocycles. The minimum Gasteiger partial charge on any atom is -0.497 e. The molecule has 0 aliphatic rings. The van der Waals surface area contributed by atoms with Crippen molar-refractivity contribution in [2.45, 2.75) is 6.54 Å². The van der Waals surface area contributed by atoms with Gasteiger partial charge in [-0.3, -0.25) is 9.36 Å². The number of aromatic nitrogens is 2. The van der Waals surface area contributed by atoms with Crippen molar-refractivity contribution < 1.29 is 13.9 Å². The molecule has 31 heavy (non-hydrogen) atoms. The van der Waals surface area contributed by atoms with Crippen molar-refractivity contribution in [1.82, 2.24) is 9.55 Å². The lowest BCUT2D eigenvalue weighted by Crippen LogP contribution is -2.30. The number of rotatable bonds is 5. The molecule has 0 saturated carbocycles. The van der Waals surface area contributed by atoms with Crippen molar-refractivity contribution in [3.63, 3.8) is 0 Å². The summed E-state index contributed by atoms with van der Waals surface area (Å²) in [5.74, 6) is -0.264. The monoisotopic (exact) mass is 437 g/mol. The van der Waals surface area contributed by atoms with Gasteiger partial charge in [-0.05, 0) is 54.6 Å². The molecule has 1 amide bonds. The number of nitrogens with zero attached hydrogens (tertiary/aromatic N) is 2. The highest BCUT2D eigenvalue weighted by Crippen LogP contribution is 2.29. The topological polar surface area (TPSA) is 73.2 Å². The second-order valence-corrected chi connectivity index (χ2v) is 7.18. The summed E-state index contributed by atoms with van der Waals surface area (Å²) in [6.07, 6.45) is 0. The van der Waals surface area contributed by atoms with E-state index in [1.165, 1.54) is 16.7 Å². The van der Waals surface area contributed by atoms with Crippen LogP contribution in [0.25, 0.3) is 22.2 Å². The molecule has 0 fully saturated rings. The van der Waals surface area contributed by atoms with E-state index in [0.717, 1.165) is 0 Å². The Morgan fingerprint density at radius 3 is 2.58 bits per heavy atom. The summed E-state index contributed by atoms with van der Waals surface area (Å²) in [6, 6.07) is 17.7. The maximum absolute atomic E-state index is 14.4. The van der Waals surface area contributed by atoms with Crippen molar-refractivity contribution in [2.24, 2.45) is 0 Å². The molecule has 1 N–H and O–H groups in total. The lowest BCUT2D eigenvalue weighted by atomic mass is 10.1. The molecule has 0 atom stereocenters. The molecule has 4 rings (SSSR count). The average Bonchev–Trinajstić information content (AvgIpc) is 2.76. The van der Waals surface area contributed by atoms with Gasteiger partial charge in [0.1, 0.15) is 18.1 Å². The number of halogens is 2. The summed E-state index contributed by atoms with van der Waals surface area (Å²) in [4.78, 5) is 29.5. The Balaban J connectivity index is 1.74. The largest absolute Gasteiger partial charge is 0.497 e. The van der Waals surface area contributed by atoms with E-state index < -0.39 is 17.4 Å². The quantitative estimate of drug-likeness (QED) is 0.499. The van der Waals surface area contributed by atoms with E-state index in [4.69, 9.17) is 16.3 Å². The maximum atomic E-state index is 14.4. The van der Waals surface area contributed by atoms with Crippen molar-refractivity contribution >= 4 is 34.1 Å². The van der Waals surface area contributed by atoms with Gasteiger partial charge in [0, 0.05) is 21.7 Å². The van der Waals surface area contributed by atoms with Crippen LogP contribution in [0.4, 0.5) is 10.1 Å². The number of benzene rings is 3. The highest BCUT2D eigenvalue weighted by atomic mass is 35.5. The van der Waals surface area contributed by atoms with Crippen LogP contribution >= 0.6 is 11.6 Å². The first-order valence-corrected chi connectivity index (χ1v) is 9.73. The molecular weight excluding hydrogens is 421 g/mol. The van der Waals surface area contributed by atoms with Crippen LogP contribution in [-0.2, 0) is 11.3 Å². The zero-order chi connectivity index (χ0) is 22.0. The molecular formula is C23H17ClFN3O3. The second-order valence-electron chi connectivity index (χ2n) is 6.75. The summed E-state index contributed by atoms with van der Waals surface area (Å²) in [5, 5.41) is 3.60. The van der Waals surface area contributed by atoms with Gasteiger partial charge in [-0.2, -0.15) is 4.98 Å². The van der Waals surface area contributed by atoms with E-state index in [2.05, 4.69) is 10.3 Å². The highest BCUT2D eigenvalue weighted by Gasteiger charge is 2.17. The zero-order valence-corrected chi connectivity index (χ0v) is 17.2. The van der Waals surface area contributed by atoms with E-state index >= 15 is 0 Å². The molecule has 0 aliphatic carbocycles. The van der Waals surface area contributed by atoms with E-state index in [1.54, 1.807) is 61.7 Å². The van der Waals surface area contributed by atoms with Crippen LogP contribution in [0.5, 0.6) is 5.75 Å². The molecule has 156 valence electrons. The third-order valence-electron chi connectivity index (χ3n) is 4.75. The fourth-order valence-electron chi connectivity index (χ4n) is 3.28. The first kappa shape index (κ1) is 20.6. The Bertz CT molecular complexity index is 1340. The molecule has 1 aromatic heterocycles. The summed E-state index contributed by atoms with van der Waals surface area (Å²) in [5.41, 5.74) is 0.668. The van der Waals surface area contributed by atoms with Gasteiger partial charge in [0.15, 0.2) is 0 Å². The van der Waals surface area contributed by atoms with Crippen LogP contribution in [0.15, 0.2) is 71.5 Å². The van der Waals surface area contributed by atoms with Crippen LogP contribution in [0.2, 0.25) is 5.02 Å². The van der Waals surface area contributed by atoms with Gasteiger partial charge in [0.05, 0.1) is 18.3 Å². The number of hydrogen-bond donors (Lipinski definition) is 1. The van der Waals surface area contributed by atoms with E-state index in [1.807, 2.05) is 0 Å². The number of fused-ring (bicyclic) bond motifs is 1. The predicted octanol–water partition coefficient (Wildman–Crippen LogP) is 4.50. The Labute approximate surface area is 181 Å². The van der Waals surface area contributed by atoms with Gasteiger partial charge in [-0.25, -0.2) is 9.18 Å². The molecule has 0 saturated heterocycles. The fraction of sp³-hybridized carbons (Fsp3) is 0.0870. The molecule has 0 aliphatic heterocycles. The maximum Gasteiger partial charge on any atom is 0.349 e. The van der Waals surface area contributed by atoms with E-state index in [9.17, 15) is 14.0 Å². The molecule has 0 bridgehead atoms. The summed E-state index contributed by atoms with van der Waals surface area (Å²) in [6.45, 7) is -0.270. The van der Waals surface area contributed by atoms with Crippen molar-refractivity contribution in [2.75, 3.05) is 12.4 Å². The van der Waals surface area contributed by atoms with Crippen LogP contribution in [-0.4, -0.2) is 22.6 Å². The average molecular weight is 438 g/mol. The van der Waals surface area contributed by atoms with Crippen molar-refractivity contribution in [1.29, 1.82) is 0 Å².